The number of esters is 1. The summed E-state index contributed by atoms with van der Waals surface area (Å²) in [4.78, 5) is 25.2. The Labute approximate surface area is 127 Å². The number of hydrogen-bond donors (Lipinski definition) is 0. The molecule has 1 aromatic carbocycles. The van der Waals surface area contributed by atoms with Gasteiger partial charge in [0.05, 0.1) is 38.0 Å². The van der Waals surface area contributed by atoms with Crippen LogP contribution in [0, 0.1) is 5.92 Å². The van der Waals surface area contributed by atoms with Crippen LogP contribution in [0.2, 0.25) is 5.02 Å². The van der Waals surface area contributed by atoms with Crippen LogP contribution in [0.3, 0.4) is 0 Å². The molecule has 1 unspecified atom stereocenters. The van der Waals surface area contributed by atoms with Gasteiger partial charge in [-0.15, -0.1) is 0 Å². The summed E-state index contributed by atoms with van der Waals surface area (Å²) >= 11 is 6.10. The Morgan fingerprint density at radius 3 is 2.48 bits per heavy atom. The van der Waals surface area contributed by atoms with Crippen molar-refractivity contribution in [2.24, 2.45) is 5.92 Å². The van der Waals surface area contributed by atoms with Crippen LogP contribution < -0.4 is 14.4 Å². The molecule has 0 saturated carbocycles. The predicted molar refractivity (Wildman–Crippen MR) is 77.0 cm³/mol. The van der Waals surface area contributed by atoms with Crippen LogP contribution in [0.5, 0.6) is 11.5 Å². The number of halogens is 1. The quantitative estimate of drug-likeness (QED) is 0.794. The Balaban J connectivity index is 2.35. The second-order valence-corrected chi connectivity index (χ2v) is 4.99. The fourth-order valence-electron chi connectivity index (χ4n) is 2.32. The molecule has 1 fully saturated rings. The van der Waals surface area contributed by atoms with E-state index in [0.29, 0.717) is 22.2 Å². The molecule has 0 radical (unpaired) electrons. The van der Waals surface area contributed by atoms with Crippen molar-refractivity contribution in [1.29, 1.82) is 0 Å². The zero-order valence-electron chi connectivity index (χ0n) is 12.0. The van der Waals surface area contributed by atoms with Gasteiger partial charge in [0.2, 0.25) is 5.91 Å². The van der Waals surface area contributed by atoms with Crippen molar-refractivity contribution >= 4 is 29.2 Å². The van der Waals surface area contributed by atoms with E-state index in [-0.39, 0.29) is 18.9 Å². The lowest BCUT2D eigenvalue weighted by molar-refractivity contribution is -0.145. The maximum Gasteiger partial charge on any atom is 0.311 e. The van der Waals surface area contributed by atoms with Crippen molar-refractivity contribution in [3.8, 4) is 11.5 Å². The summed E-state index contributed by atoms with van der Waals surface area (Å²) in [6, 6.07) is 3.20. The minimum Gasteiger partial charge on any atom is -0.495 e. The molecule has 2 rings (SSSR count). The molecular weight excluding hydrogens is 298 g/mol. The van der Waals surface area contributed by atoms with Crippen molar-refractivity contribution in [3.63, 3.8) is 0 Å². The molecule has 6 nitrogen and oxygen atoms in total. The van der Waals surface area contributed by atoms with Gasteiger partial charge in [-0.2, -0.15) is 0 Å². The number of anilines is 1. The highest BCUT2D eigenvalue weighted by molar-refractivity contribution is 6.32. The highest BCUT2D eigenvalue weighted by Crippen LogP contribution is 2.40. The molecule has 1 aromatic rings. The van der Waals surface area contributed by atoms with Gasteiger partial charge in [-0.25, -0.2) is 0 Å². The van der Waals surface area contributed by atoms with Gasteiger partial charge in [-0.05, 0) is 6.07 Å². The SMILES string of the molecule is COC(=O)C1CC(=O)N(c2cc(Cl)c(OC)cc2OC)C1. The summed E-state index contributed by atoms with van der Waals surface area (Å²) < 4.78 is 15.1. The molecule has 7 heteroatoms. The summed E-state index contributed by atoms with van der Waals surface area (Å²) in [6.45, 7) is 0.241. The van der Waals surface area contributed by atoms with Gasteiger partial charge in [0.1, 0.15) is 11.5 Å². The molecule has 1 aliphatic rings. The number of hydrogen-bond acceptors (Lipinski definition) is 5. The third kappa shape index (κ3) is 2.90. The Bertz CT molecular complexity index is 575. The molecule has 1 amide bonds. The standard InChI is InChI=1S/C14H16ClNO5/c1-19-11-6-12(20-2)10(5-9(11)15)16-7-8(4-13(16)17)14(18)21-3/h5-6,8H,4,7H2,1-3H3. The Kier molecular flexibility index (Phi) is 4.57. The highest BCUT2D eigenvalue weighted by atomic mass is 35.5. The lowest BCUT2D eigenvalue weighted by Gasteiger charge is -2.20. The number of nitrogens with zero attached hydrogens (tertiary/aromatic N) is 1. The van der Waals surface area contributed by atoms with Crippen molar-refractivity contribution in [3.05, 3.63) is 17.2 Å². The first kappa shape index (κ1) is 15.4. The topological polar surface area (TPSA) is 65.1 Å². The molecule has 0 aliphatic carbocycles. The van der Waals surface area contributed by atoms with Crippen LogP contribution in [0.1, 0.15) is 6.42 Å². The van der Waals surface area contributed by atoms with E-state index >= 15 is 0 Å². The van der Waals surface area contributed by atoms with E-state index < -0.39 is 11.9 Å². The van der Waals surface area contributed by atoms with Crippen LogP contribution in [0.25, 0.3) is 0 Å². The van der Waals surface area contributed by atoms with E-state index in [9.17, 15) is 9.59 Å². The van der Waals surface area contributed by atoms with E-state index in [4.69, 9.17) is 21.1 Å². The van der Waals surface area contributed by atoms with Crippen LogP contribution >= 0.6 is 11.6 Å². The second kappa shape index (κ2) is 6.22. The fourth-order valence-corrected chi connectivity index (χ4v) is 2.56. The molecule has 0 aromatic heterocycles. The Morgan fingerprint density at radius 1 is 1.24 bits per heavy atom. The maximum absolute atomic E-state index is 12.1. The lowest BCUT2D eigenvalue weighted by Crippen LogP contribution is -2.26. The smallest absolute Gasteiger partial charge is 0.311 e. The zero-order chi connectivity index (χ0) is 15.6. The van der Waals surface area contributed by atoms with Gasteiger partial charge < -0.3 is 19.1 Å². The van der Waals surface area contributed by atoms with E-state index in [2.05, 4.69) is 4.74 Å². The summed E-state index contributed by atoms with van der Waals surface area (Å²) in [7, 11) is 4.29. The average molecular weight is 314 g/mol. The van der Waals surface area contributed by atoms with E-state index in [1.807, 2.05) is 0 Å². The van der Waals surface area contributed by atoms with Gasteiger partial charge in [0.25, 0.3) is 0 Å². The summed E-state index contributed by atoms with van der Waals surface area (Å²) in [6.07, 6.45) is 0.111. The minimum absolute atomic E-state index is 0.111. The van der Waals surface area contributed by atoms with Crippen molar-refractivity contribution in [2.45, 2.75) is 6.42 Å². The number of benzene rings is 1. The molecule has 0 spiro atoms. The number of carbonyl (C=O) groups excluding carboxylic acids is 2. The first-order valence-corrected chi connectivity index (χ1v) is 6.69. The number of carbonyl (C=O) groups is 2. The van der Waals surface area contributed by atoms with Gasteiger partial charge in [-0.1, -0.05) is 11.6 Å². The van der Waals surface area contributed by atoms with Gasteiger partial charge in [-0.3, -0.25) is 9.59 Å². The summed E-state index contributed by atoms with van der Waals surface area (Å²) in [5.74, 6) is -0.147. The van der Waals surface area contributed by atoms with Crippen LogP contribution in [0.4, 0.5) is 5.69 Å². The van der Waals surface area contributed by atoms with Crippen molar-refractivity contribution < 1.29 is 23.8 Å². The monoisotopic (exact) mass is 313 g/mol. The number of amides is 1. The molecule has 0 N–H and O–H groups in total. The van der Waals surface area contributed by atoms with Crippen LogP contribution in [-0.2, 0) is 14.3 Å². The van der Waals surface area contributed by atoms with E-state index in [0.717, 1.165) is 0 Å². The minimum atomic E-state index is -0.479. The van der Waals surface area contributed by atoms with Gasteiger partial charge in [0, 0.05) is 19.0 Å². The van der Waals surface area contributed by atoms with E-state index in [1.54, 1.807) is 12.1 Å². The van der Waals surface area contributed by atoms with Gasteiger partial charge in [0.15, 0.2) is 0 Å². The predicted octanol–water partition coefficient (Wildman–Crippen LogP) is 1.88. The second-order valence-electron chi connectivity index (χ2n) is 4.59. The van der Waals surface area contributed by atoms with Crippen LogP contribution in [0.15, 0.2) is 12.1 Å². The largest absolute Gasteiger partial charge is 0.495 e. The fraction of sp³-hybridized carbons (Fsp3) is 0.429. The molecule has 1 saturated heterocycles. The zero-order valence-corrected chi connectivity index (χ0v) is 12.8. The third-order valence-corrected chi connectivity index (χ3v) is 3.70. The molecular formula is C14H16ClNO5. The third-order valence-electron chi connectivity index (χ3n) is 3.40. The molecule has 1 heterocycles. The maximum atomic E-state index is 12.1. The van der Waals surface area contributed by atoms with Crippen LogP contribution in [-0.4, -0.2) is 39.8 Å². The molecule has 0 bridgehead atoms. The summed E-state index contributed by atoms with van der Waals surface area (Å²) in [5, 5.41) is 0.364. The molecule has 21 heavy (non-hydrogen) atoms. The number of rotatable bonds is 4. The lowest BCUT2D eigenvalue weighted by atomic mass is 10.1. The Hall–Kier alpha value is -1.95. The summed E-state index contributed by atoms with van der Waals surface area (Å²) in [5.41, 5.74) is 0.514. The Morgan fingerprint density at radius 2 is 1.90 bits per heavy atom. The molecule has 1 aliphatic heterocycles. The average Bonchev–Trinajstić information content (AvgIpc) is 2.87. The molecule has 114 valence electrons. The highest BCUT2D eigenvalue weighted by Gasteiger charge is 2.37. The number of methoxy groups -OCH3 is 3. The van der Waals surface area contributed by atoms with E-state index in [1.165, 1.54) is 26.2 Å². The van der Waals surface area contributed by atoms with Crippen molar-refractivity contribution in [2.75, 3.05) is 32.8 Å². The number of ether oxygens (including phenoxy) is 3. The van der Waals surface area contributed by atoms with Gasteiger partial charge >= 0.3 is 5.97 Å². The normalized spacial score (nSPS) is 17.8. The van der Waals surface area contributed by atoms with Crippen molar-refractivity contribution in [1.82, 2.24) is 0 Å². The molecule has 1 atom stereocenters. The first-order valence-electron chi connectivity index (χ1n) is 6.31. The first-order chi connectivity index (χ1) is 10.0.